The van der Waals surface area contributed by atoms with E-state index in [-0.39, 0.29) is 5.92 Å². The lowest BCUT2D eigenvalue weighted by molar-refractivity contribution is -0.175. The van der Waals surface area contributed by atoms with E-state index in [0.717, 1.165) is 0 Å². The molecule has 0 saturated carbocycles. The van der Waals surface area contributed by atoms with Gasteiger partial charge in [0.2, 0.25) is 6.79 Å². The number of hydrogen-bond acceptors (Lipinski definition) is 8. The Morgan fingerprint density at radius 3 is 2.38 bits per heavy atom. The predicted molar refractivity (Wildman–Crippen MR) is 89.2 cm³/mol. The van der Waals surface area contributed by atoms with Crippen molar-refractivity contribution in [1.29, 1.82) is 0 Å². The topological polar surface area (TPSA) is 96.0 Å². The lowest BCUT2D eigenvalue weighted by Crippen LogP contribution is -2.37. The van der Waals surface area contributed by atoms with Gasteiger partial charge in [-0.2, -0.15) is 11.8 Å². The van der Waals surface area contributed by atoms with Crippen molar-refractivity contribution in [3.8, 4) is 0 Å². The monoisotopic (exact) mass is 360 g/mol. The molecule has 0 aromatic heterocycles. The molecule has 24 heavy (non-hydrogen) atoms. The first-order valence-corrected chi connectivity index (χ1v) is 8.72. The summed E-state index contributed by atoms with van der Waals surface area (Å²) in [6, 6.07) is 0. The maximum Gasteiger partial charge on any atom is 0.334 e. The number of rotatable bonds is 10. The van der Waals surface area contributed by atoms with Crippen LogP contribution in [0.5, 0.6) is 0 Å². The highest BCUT2D eigenvalue weighted by atomic mass is 32.2. The molecule has 8 heteroatoms. The third-order valence-electron chi connectivity index (χ3n) is 3.07. The van der Waals surface area contributed by atoms with Crippen molar-refractivity contribution in [2.24, 2.45) is 5.92 Å². The summed E-state index contributed by atoms with van der Waals surface area (Å²) in [4.78, 5) is 46.1. The molecule has 136 valence electrons. The first-order valence-electron chi connectivity index (χ1n) is 7.32. The molecule has 0 saturated heterocycles. The SMILES string of the molecule is C/C=C(\C)C(=O)OC(C)(C=O)CC(=O)OCOC(=O)C(C)CSC. The molecule has 7 nitrogen and oxygen atoms in total. The van der Waals surface area contributed by atoms with Crippen molar-refractivity contribution in [3.63, 3.8) is 0 Å². The fraction of sp³-hybridized carbons (Fsp3) is 0.625. The molecule has 0 spiro atoms. The number of aldehydes is 1. The van der Waals surface area contributed by atoms with Crippen LogP contribution in [0.15, 0.2) is 11.6 Å². The molecule has 0 fully saturated rings. The lowest BCUT2D eigenvalue weighted by atomic mass is 10.0. The molecule has 2 unspecified atom stereocenters. The van der Waals surface area contributed by atoms with Crippen LogP contribution in [0.25, 0.3) is 0 Å². The van der Waals surface area contributed by atoms with E-state index in [9.17, 15) is 19.2 Å². The summed E-state index contributed by atoms with van der Waals surface area (Å²) in [6.45, 7) is 5.63. The van der Waals surface area contributed by atoms with Gasteiger partial charge in [-0.15, -0.1) is 0 Å². The molecule has 0 aliphatic heterocycles. The summed E-state index contributed by atoms with van der Waals surface area (Å²) in [5, 5.41) is 0. The van der Waals surface area contributed by atoms with Crippen LogP contribution in [0.2, 0.25) is 0 Å². The first-order chi connectivity index (χ1) is 11.2. The van der Waals surface area contributed by atoms with Crippen LogP contribution in [0.1, 0.15) is 34.1 Å². The van der Waals surface area contributed by atoms with E-state index >= 15 is 0 Å². The van der Waals surface area contributed by atoms with Gasteiger partial charge in [0.1, 0.15) is 0 Å². The molecule has 0 radical (unpaired) electrons. The molecular formula is C16H24O7S. The Balaban J connectivity index is 4.44. The van der Waals surface area contributed by atoms with Crippen molar-refractivity contribution in [2.45, 2.75) is 39.7 Å². The molecule has 0 bridgehead atoms. The lowest BCUT2D eigenvalue weighted by Gasteiger charge is -2.22. The molecule has 0 amide bonds. The molecule has 0 heterocycles. The maximum atomic E-state index is 11.7. The van der Waals surface area contributed by atoms with Crippen molar-refractivity contribution in [2.75, 3.05) is 18.8 Å². The molecule has 0 aromatic carbocycles. The highest BCUT2D eigenvalue weighted by Crippen LogP contribution is 2.16. The van der Waals surface area contributed by atoms with Crippen molar-refractivity contribution >= 4 is 36.0 Å². The third-order valence-corrected chi connectivity index (χ3v) is 3.90. The summed E-state index contributed by atoms with van der Waals surface area (Å²) in [7, 11) is 0. The zero-order chi connectivity index (χ0) is 18.8. The van der Waals surface area contributed by atoms with Crippen LogP contribution < -0.4 is 0 Å². The quantitative estimate of drug-likeness (QED) is 0.252. The van der Waals surface area contributed by atoms with Gasteiger partial charge in [-0.3, -0.25) is 14.4 Å². The second-order valence-corrected chi connectivity index (χ2v) is 6.33. The van der Waals surface area contributed by atoms with Gasteiger partial charge in [0.15, 0.2) is 11.9 Å². The van der Waals surface area contributed by atoms with Crippen LogP contribution in [-0.2, 0) is 33.4 Å². The number of esters is 3. The van der Waals surface area contributed by atoms with E-state index in [1.807, 2.05) is 6.26 Å². The average Bonchev–Trinajstić information content (AvgIpc) is 2.53. The van der Waals surface area contributed by atoms with Crippen LogP contribution in [0.4, 0.5) is 0 Å². The summed E-state index contributed by atoms with van der Waals surface area (Å²) in [5.41, 5.74) is -1.33. The Labute approximate surface area is 146 Å². The molecular weight excluding hydrogens is 336 g/mol. The minimum absolute atomic E-state index is 0.313. The second-order valence-electron chi connectivity index (χ2n) is 5.42. The Kier molecular flexibility index (Phi) is 10.0. The van der Waals surface area contributed by atoms with Crippen LogP contribution in [0, 0.1) is 5.92 Å². The Morgan fingerprint density at radius 2 is 1.88 bits per heavy atom. The fourth-order valence-corrected chi connectivity index (χ4v) is 2.10. The first kappa shape index (κ1) is 22.2. The zero-order valence-corrected chi connectivity index (χ0v) is 15.4. The predicted octanol–water partition coefficient (Wildman–Crippen LogP) is 1.89. The van der Waals surface area contributed by atoms with Gasteiger partial charge >= 0.3 is 17.9 Å². The van der Waals surface area contributed by atoms with Gasteiger partial charge in [-0.25, -0.2) is 4.79 Å². The number of allylic oxidation sites excluding steroid dienone is 1. The van der Waals surface area contributed by atoms with E-state index in [0.29, 0.717) is 17.6 Å². The zero-order valence-electron chi connectivity index (χ0n) is 14.6. The third kappa shape index (κ3) is 8.14. The Bertz CT molecular complexity index is 501. The smallest absolute Gasteiger partial charge is 0.334 e. The average molecular weight is 360 g/mol. The minimum atomic E-state index is -1.64. The standard InChI is InChI=1S/C16H24O7S/c1-6-11(2)15(20)23-16(4,9-17)7-13(18)21-10-22-14(19)12(3)8-24-5/h6,9,12H,7-8,10H2,1-5H3/b11-6+. The highest BCUT2D eigenvalue weighted by molar-refractivity contribution is 7.98. The molecule has 2 atom stereocenters. The summed E-state index contributed by atoms with van der Waals surface area (Å²) >= 11 is 1.50. The van der Waals surface area contributed by atoms with Crippen LogP contribution >= 0.6 is 11.8 Å². The molecule has 0 aromatic rings. The summed E-state index contributed by atoms with van der Waals surface area (Å²) < 4.78 is 14.6. The van der Waals surface area contributed by atoms with E-state index in [1.54, 1.807) is 13.8 Å². The Hall–Kier alpha value is -1.83. The van der Waals surface area contributed by atoms with Crippen molar-refractivity contribution in [3.05, 3.63) is 11.6 Å². The fourth-order valence-electron chi connectivity index (χ4n) is 1.46. The number of carbonyl (C=O) groups excluding carboxylic acids is 4. The van der Waals surface area contributed by atoms with Gasteiger partial charge in [0.25, 0.3) is 0 Å². The maximum absolute atomic E-state index is 11.7. The number of carbonyl (C=O) groups is 4. The van der Waals surface area contributed by atoms with Crippen LogP contribution in [0.3, 0.4) is 0 Å². The van der Waals surface area contributed by atoms with Gasteiger partial charge in [-0.05, 0) is 27.0 Å². The van der Waals surface area contributed by atoms with Gasteiger partial charge in [-0.1, -0.05) is 13.0 Å². The van der Waals surface area contributed by atoms with E-state index in [4.69, 9.17) is 14.2 Å². The van der Waals surface area contributed by atoms with E-state index in [2.05, 4.69) is 0 Å². The number of hydrogen-bond donors (Lipinski definition) is 0. The molecule has 0 rings (SSSR count). The second kappa shape index (κ2) is 10.9. The van der Waals surface area contributed by atoms with Crippen LogP contribution in [-0.4, -0.2) is 48.6 Å². The summed E-state index contributed by atoms with van der Waals surface area (Å²) in [5.74, 6) is -1.72. The van der Waals surface area contributed by atoms with Crippen molar-refractivity contribution in [1.82, 2.24) is 0 Å². The number of thioether (sulfide) groups is 1. The molecule has 0 aliphatic carbocycles. The number of ether oxygens (including phenoxy) is 3. The van der Waals surface area contributed by atoms with Gasteiger partial charge in [0, 0.05) is 11.3 Å². The van der Waals surface area contributed by atoms with Gasteiger partial charge in [0.05, 0.1) is 12.3 Å². The van der Waals surface area contributed by atoms with Gasteiger partial charge < -0.3 is 14.2 Å². The molecule has 0 N–H and O–H groups in total. The van der Waals surface area contributed by atoms with Crippen molar-refractivity contribution < 1.29 is 33.4 Å². The summed E-state index contributed by atoms with van der Waals surface area (Å²) in [6.07, 6.45) is 3.28. The largest absolute Gasteiger partial charge is 0.448 e. The van der Waals surface area contributed by atoms with E-state index in [1.165, 1.54) is 31.7 Å². The normalized spacial score (nSPS) is 15.0. The minimum Gasteiger partial charge on any atom is -0.448 e. The van der Waals surface area contributed by atoms with E-state index < -0.39 is 36.7 Å². The molecule has 0 aliphatic rings. The highest BCUT2D eigenvalue weighted by Gasteiger charge is 2.33. The Morgan fingerprint density at radius 1 is 1.25 bits per heavy atom.